The lowest BCUT2D eigenvalue weighted by Crippen LogP contribution is -2.17. The Balaban J connectivity index is 2.33. The fraction of sp³-hybridized carbons (Fsp3) is 0.214. The normalized spacial score (nSPS) is 13.0. The number of rotatable bonds is 4. The fourth-order valence-corrected chi connectivity index (χ4v) is 2.06. The van der Waals surface area contributed by atoms with Crippen molar-refractivity contribution in [3.8, 4) is 0 Å². The van der Waals surface area contributed by atoms with E-state index in [1.54, 1.807) is 12.1 Å². The largest absolute Gasteiger partial charge is 0.467 e. The predicted octanol–water partition coefficient (Wildman–Crippen LogP) is 4.11. The van der Waals surface area contributed by atoms with Crippen molar-refractivity contribution in [3.05, 3.63) is 53.5 Å². The summed E-state index contributed by atoms with van der Waals surface area (Å²) >= 11 is 4.83. The van der Waals surface area contributed by atoms with Crippen molar-refractivity contribution in [2.45, 2.75) is 19.1 Å². The Bertz CT molecular complexity index is 638. The molecule has 0 radical (unpaired) electrons. The molecule has 21 heavy (non-hydrogen) atoms. The van der Waals surface area contributed by atoms with Crippen LogP contribution in [0.15, 0.2) is 41.0 Å². The summed E-state index contributed by atoms with van der Waals surface area (Å²) in [6.07, 6.45) is -2.92. The maximum Gasteiger partial charge on any atom is 0.416 e. The quantitative estimate of drug-likeness (QED) is 0.834. The summed E-state index contributed by atoms with van der Waals surface area (Å²) in [5.41, 5.74) is 5.31. The van der Waals surface area contributed by atoms with Gasteiger partial charge in [0.05, 0.1) is 17.9 Å². The van der Waals surface area contributed by atoms with Gasteiger partial charge in [-0.05, 0) is 37.3 Å². The van der Waals surface area contributed by atoms with Gasteiger partial charge in [-0.2, -0.15) is 13.2 Å². The predicted molar refractivity (Wildman–Crippen MR) is 78.1 cm³/mol. The average molecular weight is 314 g/mol. The van der Waals surface area contributed by atoms with Crippen LogP contribution in [0.1, 0.15) is 29.9 Å². The fourth-order valence-electron chi connectivity index (χ4n) is 1.89. The molecule has 3 N–H and O–H groups in total. The van der Waals surface area contributed by atoms with Crippen molar-refractivity contribution >= 4 is 22.9 Å². The van der Waals surface area contributed by atoms with Crippen molar-refractivity contribution < 1.29 is 17.6 Å². The SMILES string of the molecule is CC(Nc1ccc(C(F)(F)F)cc1C(N)=S)c1ccco1. The van der Waals surface area contributed by atoms with Gasteiger partial charge in [-0.3, -0.25) is 0 Å². The highest BCUT2D eigenvalue weighted by atomic mass is 32.1. The van der Waals surface area contributed by atoms with E-state index in [1.165, 1.54) is 12.3 Å². The van der Waals surface area contributed by atoms with Crippen LogP contribution in [0.4, 0.5) is 18.9 Å². The molecule has 1 aromatic carbocycles. The highest BCUT2D eigenvalue weighted by Gasteiger charge is 2.31. The molecule has 0 bridgehead atoms. The summed E-state index contributed by atoms with van der Waals surface area (Å²) in [5, 5.41) is 3.04. The first-order valence-electron chi connectivity index (χ1n) is 6.10. The van der Waals surface area contributed by atoms with Gasteiger partial charge in [0.2, 0.25) is 0 Å². The van der Waals surface area contributed by atoms with Gasteiger partial charge in [-0.1, -0.05) is 12.2 Å². The summed E-state index contributed by atoms with van der Waals surface area (Å²) in [6, 6.07) is 6.51. The molecule has 0 saturated carbocycles. The number of furan rings is 1. The zero-order valence-electron chi connectivity index (χ0n) is 11.1. The van der Waals surface area contributed by atoms with Crippen molar-refractivity contribution in [3.63, 3.8) is 0 Å². The standard InChI is InChI=1S/C14H13F3N2OS/c1-8(12-3-2-6-20-12)19-11-5-4-9(14(15,16)17)7-10(11)13(18)21/h2-8,19H,1H3,(H2,18,21). The molecule has 1 aromatic heterocycles. The van der Waals surface area contributed by atoms with E-state index in [1.807, 2.05) is 6.92 Å². The molecule has 3 nitrogen and oxygen atoms in total. The van der Waals surface area contributed by atoms with Crippen LogP contribution in [0.25, 0.3) is 0 Å². The second kappa shape index (κ2) is 5.77. The number of anilines is 1. The highest BCUT2D eigenvalue weighted by Crippen LogP contribution is 2.32. The summed E-state index contributed by atoms with van der Waals surface area (Å²) in [6.45, 7) is 1.82. The van der Waals surface area contributed by atoms with Crippen LogP contribution in [0.5, 0.6) is 0 Å². The first-order chi connectivity index (χ1) is 9.79. The highest BCUT2D eigenvalue weighted by molar-refractivity contribution is 7.80. The number of hydrogen-bond donors (Lipinski definition) is 2. The van der Waals surface area contributed by atoms with Gasteiger partial charge in [0, 0.05) is 11.3 Å². The Labute approximate surface area is 124 Å². The Morgan fingerprint density at radius 1 is 1.33 bits per heavy atom. The van der Waals surface area contributed by atoms with Crippen LogP contribution < -0.4 is 11.1 Å². The molecule has 2 aromatic rings. The van der Waals surface area contributed by atoms with Crippen molar-refractivity contribution in [2.24, 2.45) is 5.73 Å². The van der Waals surface area contributed by atoms with E-state index in [4.69, 9.17) is 22.4 Å². The number of nitrogens with two attached hydrogens (primary N) is 1. The molecule has 2 rings (SSSR count). The topological polar surface area (TPSA) is 51.2 Å². The molecule has 0 aliphatic heterocycles. The summed E-state index contributed by atoms with van der Waals surface area (Å²) < 4.78 is 43.4. The third-order valence-electron chi connectivity index (χ3n) is 2.95. The zero-order chi connectivity index (χ0) is 15.6. The lowest BCUT2D eigenvalue weighted by atomic mass is 10.1. The monoisotopic (exact) mass is 314 g/mol. The molecule has 1 atom stereocenters. The maximum atomic E-state index is 12.7. The van der Waals surface area contributed by atoms with Crippen LogP contribution >= 0.6 is 12.2 Å². The van der Waals surface area contributed by atoms with Crippen LogP contribution in [-0.4, -0.2) is 4.99 Å². The first kappa shape index (κ1) is 15.4. The lowest BCUT2D eigenvalue weighted by molar-refractivity contribution is -0.137. The van der Waals surface area contributed by atoms with Gasteiger partial charge in [-0.25, -0.2) is 0 Å². The number of halogens is 3. The Hall–Kier alpha value is -2.02. The van der Waals surface area contributed by atoms with E-state index in [9.17, 15) is 13.2 Å². The Morgan fingerprint density at radius 3 is 2.57 bits per heavy atom. The van der Waals surface area contributed by atoms with E-state index in [-0.39, 0.29) is 16.6 Å². The van der Waals surface area contributed by atoms with Crippen LogP contribution in [-0.2, 0) is 6.18 Å². The maximum absolute atomic E-state index is 12.7. The molecule has 0 fully saturated rings. The van der Waals surface area contributed by atoms with Crippen LogP contribution in [0.2, 0.25) is 0 Å². The average Bonchev–Trinajstić information content (AvgIpc) is 2.91. The number of nitrogens with one attached hydrogen (secondary N) is 1. The molecule has 7 heteroatoms. The lowest BCUT2D eigenvalue weighted by Gasteiger charge is -2.17. The van der Waals surface area contributed by atoms with Crippen LogP contribution in [0.3, 0.4) is 0 Å². The molecule has 0 spiro atoms. The smallest absolute Gasteiger partial charge is 0.416 e. The summed E-state index contributed by atoms with van der Waals surface area (Å²) in [7, 11) is 0. The van der Waals surface area contributed by atoms with Crippen molar-refractivity contribution in [1.29, 1.82) is 0 Å². The summed E-state index contributed by atoms with van der Waals surface area (Å²) in [4.78, 5) is -0.102. The van der Waals surface area contributed by atoms with Gasteiger partial charge in [0.15, 0.2) is 0 Å². The van der Waals surface area contributed by atoms with E-state index >= 15 is 0 Å². The minimum atomic E-state index is -4.44. The van der Waals surface area contributed by atoms with Gasteiger partial charge in [0.1, 0.15) is 10.7 Å². The van der Waals surface area contributed by atoms with E-state index in [0.717, 1.165) is 12.1 Å². The number of hydrogen-bond acceptors (Lipinski definition) is 3. The Morgan fingerprint density at radius 2 is 2.05 bits per heavy atom. The molecular weight excluding hydrogens is 301 g/mol. The third-order valence-corrected chi connectivity index (χ3v) is 3.17. The second-order valence-electron chi connectivity index (χ2n) is 4.50. The van der Waals surface area contributed by atoms with Gasteiger partial charge >= 0.3 is 6.18 Å². The molecule has 0 aliphatic rings. The zero-order valence-corrected chi connectivity index (χ0v) is 11.9. The minimum absolute atomic E-state index is 0.102. The van der Waals surface area contributed by atoms with E-state index < -0.39 is 11.7 Å². The molecular formula is C14H13F3N2OS. The molecule has 0 amide bonds. The summed E-state index contributed by atoms with van der Waals surface area (Å²) in [5.74, 6) is 0.656. The number of thiocarbonyl (C=S) groups is 1. The third kappa shape index (κ3) is 3.55. The molecule has 0 saturated heterocycles. The van der Waals surface area contributed by atoms with Gasteiger partial charge in [-0.15, -0.1) is 0 Å². The molecule has 0 aliphatic carbocycles. The van der Waals surface area contributed by atoms with Gasteiger partial charge in [0.25, 0.3) is 0 Å². The van der Waals surface area contributed by atoms with Crippen LogP contribution in [0, 0.1) is 0 Å². The van der Waals surface area contributed by atoms with Crippen molar-refractivity contribution in [2.75, 3.05) is 5.32 Å². The number of benzene rings is 1. The molecule has 1 unspecified atom stereocenters. The van der Waals surface area contributed by atoms with E-state index in [2.05, 4.69) is 5.32 Å². The first-order valence-corrected chi connectivity index (χ1v) is 6.51. The second-order valence-corrected chi connectivity index (χ2v) is 4.94. The minimum Gasteiger partial charge on any atom is -0.467 e. The number of alkyl halides is 3. The molecule has 1 heterocycles. The Kier molecular flexibility index (Phi) is 4.22. The molecule has 112 valence electrons. The van der Waals surface area contributed by atoms with Crippen molar-refractivity contribution in [1.82, 2.24) is 0 Å². The van der Waals surface area contributed by atoms with Gasteiger partial charge < -0.3 is 15.5 Å². The van der Waals surface area contributed by atoms with E-state index in [0.29, 0.717) is 11.4 Å².